The van der Waals surface area contributed by atoms with Gasteiger partial charge in [-0.1, -0.05) is 39.5 Å². The minimum Gasteiger partial charge on any atom is -0.347 e. The molecule has 1 atom stereocenters. The number of hydrogen-bond donors (Lipinski definition) is 2. The van der Waals surface area contributed by atoms with Gasteiger partial charge in [0.25, 0.3) is 5.91 Å². The lowest BCUT2D eigenvalue weighted by Crippen LogP contribution is -2.42. The molecule has 1 aromatic rings. The molecule has 0 radical (unpaired) electrons. The molecule has 1 rings (SSSR count). The average molecular weight is 376 g/mol. The van der Waals surface area contributed by atoms with Gasteiger partial charge in [0.15, 0.2) is 5.69 Å². The van der Waals surface area contributed by atoms with Crippen LogP contribution >= 0.6 is 0 Å². The van der Waals surface area contributed by atoms with Crippen LogP contribution in [0.4, 0.5) is 13.2 Å². The van der Waals surface area contributed by atoms with Gasteiger partial charge in [-0.15, -0.1) is 0 Å². The summed E-state index contributed by atoms with van der Waals surface area (Å²) in [7, 11) is 0. The van der Waals surface area contributed by atoms with E-state index in [2.05, 4.69) is 29.2 Å². The second-order valence-electron chi connectivity index (χ2n) is 6.75. The molecule has 0 aliphatic heterocycles. The predicted octanol–water partition coefficient (Wildman–Crippen LogP) is 4.23. The van der Waals surface area contributed by atoms with Crippen molar-refractivity contribution in [3.63, 3.8) is 0 Å². The first-order valence-electron chi connectivity index (χ1n) is 9.43. The molecule has 0 bridgehead atoms. The number of carbonyl (C=O) groups is 1. The van der Waals surface area contributed by atoms with Crippen molar-refractivity contribution in [2.24, 2.45) is 0 Å². The SMILES string of the molecule is CCCCCN(CCCCC)CC(C)NC(=O)c1cc(C(F)(F)F)[nH]n1. The van der Waals surface area contributed by atoms with Crippen LogP contribution in [0.1, 0.15) is 75.5 Å². The van der Waals surface area contributed by atoms with Crippen LogP contribution in [0.3, 0.4) is 0 Å². The maximum Gasteiger partial charge on any atom is 0.432 e. The van der Waals surface area contributed by atoms with Crippen LogP contribution in [0.5, 0.6) is 0 Å². The largest absolute Gasteiger partial charge is 0.432 e. The summed E-state index contributed by atoms with van der Waals surface area (Å²) in [6.45, 7) is 8.79. The molecule has 8 heteroatoms. The summed E-state index contributed by atoms with van der Waals surface area (Å²) in [6, 6.07) is 0.569. The number of hydrogen-bond acceptors (Lipinski definition) is 3. The van der Waals surface area contributed by atoms with E-state index in [1.807, 2.05) is 12.0 Å². The Bertz CT molecular complexity index is 521. The number of halogens is 3. The number of carbonyl (C=O) groups excluding carboxylic acids is 1. The van der Waals surface area contributed by atoms with Crippen LogP contribution < -0.4 is 5.32 Å². The lowest BCUT2D eigenvalue weighted by atomic mass is 10.2. The topological polar surface area (TPSA) is 61.0 Å². The number of aromatic nitrogens is 2. The highest BCUT2D eigenvalue weighted by atomic mass is 19.4. The van der Waals surface area contributed by atoms with Gasteiger partial charge in [-0.3, -0.25) is 9.89 Å². The number of nitrogens with one attached hydrogen (secondary N) is 2. The maximum absolute atomic E-state index is 12.6. The highest BCUT2D eigenvalue weighted by molar-refractivity contribution is 5.92. The molecule has 26 heavy (non-hydrogen) atoms. The van der Waals surface area contributed by atoms with Gasteiger partial charge in [0.1, 0.15) is 5.69 Å². The van der Waals surface area contributed by atoms with Crippen LogP contribution in [0, 0.1) is 0 Å². The fraction of sp³-hybridized carbons (Fsp3) is 0.778. The molecule has 150 valence electrons. The fourth-order valence-electron chi connectivity index (χ4n) is 2.78. The van der Waals surface area contributed by atoms with Gasteiger partial charge in [0.2, 0.25) is 0 Å². The Morgan fingerprint density at radius 1 is 1.19 bits per heavy atom. The van der Waals surface area contributed by atoms with E-state index in [4.69, 9.17) is 0 Å². The van der Waals surface area contributed by atoms with Gasteiger partial charge < -0.3 is 10.2 Å². The Hall–Kier alpha value is -1.57. The second-order valence-corrected chi connectivity index (χ2v) is 6.75. The Labute approximate surface area is 153 Å². The van der Waals surface area contributed by atoms with Gasteiger partial charge in [-0.25, -0.2) is 0 Å². The van der Waals surface area contributed by atoms with Gasteiger partial charge in [-0.05, 0) is 32.9 Å². The van der Waals surface area contributed by atoms with Crippen molar-refractivity contribution in [2.45, 2.75) is 71.5 Å². The van der Waals surface area contributed by atoms with Crippen LogP contribution in [0.25, 0.3) is 0 Å². The summed E-state index contributed by atoms with van der Waals surface area (Å²) in [4.78, 5) is 14.4. The molecule has 0 saturated heterocycles. The van der Waals surface area contributed by atoms with E-state index in [0.29, 0.717) is 6.54 Å². The summed E-state index contributed by atoms with van der Waals surface area (Å²) in [6.07, 6.45) is 2.31. The minimum absolute atomic E-state index is 0.170. The molecule has 2 N–H and O–H groups in total. The van der Waals surface area contributed by atoms with E-state index in [1.165, 1.54) is 12.8 Å². The Kier molecular flexibility index (Phi) is 9.69. The minimum atomic E-state index is -4.54. The highest BCUT2D eigenvalue weighted by Gasteiger charge is 2.33. The molecular formula is C18H31F3N4O. The Morgan fingerprint density at radius 2 is 1.77 bits per heavy atom. The molecule has 1 amide bonds. The molecule has 0 aliphatic carbocycles. The van der Waals surface area contributed by atoms with E-state index in [0.717, 1.165) is 44.8 Å². The summed E-state index contributed by atoms with van der Waals surface area (Å²) in [5, 5.41) is 8.07. The molecular weight excluding hydrogens is 345 g/mol. The third kappa shape index (κ3) is 8.21. The molecule has 0 spiro atoms. The first-order valence-corrected chi connectivity index (χ1v) is 9.43. The van der Waals surface area contributed by atoms with Gasteiger partial charge in [-0.2, -0.15) is 18.3 Å². The summed E-state index contributed by atoms with van der Waals surface area (Å²) >= 11 is 0. The second kappa shape index (κ2) is 11.2. The van der Waals surface area contributed by atoms with Crippen LogP contribution in [0.2, 0.25) is 0 Å². The third-order valence-electron chi connectivity index (χ3n) is 4.18. The summed E-state index contributed by atoms with van der Waals surface area (Å²) in [5.74, 6) is -0.591. The van der Waals surface area contributed by atoms with E-state index in [1.54, 1.807) is 0 Å². The standard InChI is InChI=1S/C18H31F3N4O/c1-4-6-8-10-25(11-9-7-5-2)13-14(3)22-17(26)15-12-16(24-23-15)18(19,20)21/h12,14H,4-11,13H2,1-3H3,(H,22,26)(H,23,24). The molecule has 0 fully saturated rings. The smallest absolute Gasteiger partial charge is 0.347 e. The number of nitrogens with zero attached hydrogens (tertiary/aromatic N) is 2. The van der Waals surface area contributed by atoms with Gasteiger partial charge in [0, 0.05) is 18.7 Å². The van der Waals surface area contributed by atoms with Gasteiger partial charge in [0.05, 0.1) is 0 Å². The number of alkyl halides is 3. The van der Waals surface area contributed by atoms with Crippen LogP contribution in [0.15, 0.2) is 6.07 Å². The first kappa shape index (κ1) is 22.5. The number of aromatic amines is 1. The zero-order valence-corrected chi connectivity index (χ0v) is 16.0. The number of H-pyrrole nitrogens is 1. The fourth-order valence-corrected chi connectivity index (χ4v) is 2.78. The lowest BCUT2D eigenvalue weighted by Gasteiger charge is -2.26. The highest BCUT2D eigenvalue weighted by Crippen LogP contribution is 2.27. The number of amides is 1. The van der Waals surface area contributed by atoms with Crippen molar-refractivity contribution in [2.75, 3.05) is 19.6 Å². The average Bonchev–Trinajstić information content (AvgIpc) is 3.05. The Balaban J connectivity index is 2.54. The summed E-state index contributed by atoms with van der Waals surface area (Å²) in [5.41, 5.74) is -1.26. The molecule has 0 aliphatic rings. The molecule has 1 aromatic heterocycles. The van der Waals surface area contributed by atoms with E-state index in [-0.39, 0.29) is 11.7 Å². The zero-order chi connectivity index (χ0) is 19.6. The molecule has 0 saturated carbocycles. The summed E-state index contributed by atoms with van der Waals surface area (Å²) < 4.78 is 37.8. The monoisotopic (exact) mass is 376 g/mol. The zero-order valence-electron chi connectivity index (χ0n) is 16.0. The van der Waals surface area contributed by atoms with E-state index in [9.17, 15) is 18.0 Å². The number of rotatable bonds is 12. The van der Waals surface area contributed by atoms with Crippen molar-refractivity contribution in [3.8, 4) is 0 Å². The molecule has 5 nitrogen and oxygen atoms in total. The molecule has 1 unspecified atom stereocenters. The quantitative estimate of drug-likeness (QED) is 0.537. The van der Waals surface area contributed by atoms with Crippen LogP contribution in [-0.4, -0.2) is 46.7 Å². The van der Waals surface area contributed by atoms with E-state index < -0.39 is 17.8 Å². The van der Waals surface area contributed by atoms with Gasteiger partial charge >= 0.3 is 6.18 Å². The third-order valence-corrected chi connectivity index (χ3v) is 4.18. The van der Waals surface area contributed by atoms with Crippen molar-refractivity contribution in [3.05, 3.63) is 17.5 Å². The maximum atomic E-state index is 12.6. The number of unbranched alkanes of at least 4 members (excludes halogenated alkanes) is 4. The Morgan fingerprint density at radius 3 is 2.23 bits per heavy atom. The van der Waals surface area contributed by atoms with Crippen molar-refractivity contribution >= 4 is 5.91 Å². The lowest BCUT2D eigenvalue weighted by molar-refractivity contribution is -0.141. The predicted molar refractivity (Wildman–Crippen MR) is 96.0 cm³/mol. The van der Waals surface area contributed by atoms with Crippen molar-refractivity contribution < 1.29 is 18.0 Å². The van der Waals surface area contributed by atoms with Crippen molar-refractivity contribution in [1.82, 2.24) is 20.4 Å². The van der Waals surface area contributed by atoms with Crippen molar-refractivity contribution in [1.29, 1.82) is 0 Å². The first-order chi connectivity index (χ1) is 12.3. The van der Waals surface area contributed by atoms with E-state index >= 15 is 0 Å². The normalized spacial score (nSPS) is 13.2. The van der Waals surface area contributed by atoms with Crippen LogP contribution in [-0.2, 0) is 6.18 Å². The molecule has 1 heterocycles. The molecule has 0 aromatic carbocycles.